The number of rotatable bonds is 1. The highest BCUT2D eigenvalue weighted by Gasteiger charge is 2.56. The lowest BCUT2D eigenvalue weighted by atomic mass is 9.63. The summed E-state index contributed by atoms with van der Waals surface area (Å²) in [5.74, 6) is 0.0577. The predicted octanol–water partition coefficient (Wildman–Crippen LogP) is 3.17. The first-order valence-electron chi connectivity index (χ1n) is 7.62. The molecule has 21 heavy (non-hydrogen) atoms. The second-order valence-corrected chi connectivity index (χ2v) is 6.58. The highest BCUT2D eigenvalue weighted by molar-refractivity contribution is 5.96. The molecular formula is C18H23NO2. The van der Waals surface area contributed by atoms with Gasteiger partial charge in [-0.1, -0.05) is 29.3 Å². The number of nitrogens with zero attached hydrogens (tertiary/aromatic N) is 1. The third-order valence-electron chi connectivity index (χ3n) is 5.44. The molecule has 2 aliphatic rings. The van der Waals surface area contributed by atoms with Gasteiger partial charge in [-0.15, -0.1) is 0 Å². The van der Waals surface area contributed by atoms with Crippen molar-refractivity contribution >= 4 is 11.6 Å². The average Bonchev–Trinajstić information content (AvgIpc) is 2.70. The molecule has 1 heterocycles. The molecule has 1 aliphatic heterocycles. The standard InChI is InChI=1S/C18H23NO2/c1-11-9-17-18(13(3)20,10-12(11)2)15-7-5-6-8-16(15)19(17)14(4)21/h5-8,13,17,20H,9-10H2,1-4H3/t13?,17-,18+/m1/s1. The largest absolute Gasteiger partial charge is 0.392 e. The van der Waals surface area contributed by atoms with Crippen LogP contribution in [-0.4, -0.2) is 23.2 Å². The zero-order valence-electron chi connectivity index (χ0n) is 13.2. The normalized spacial score (nSPS) is 29.2. The molecule has 3 rings (SSSR count). The van der Waals surface area contributed by atoms with Gasteiger partial charge in [-0.2, -0.15) is 0 Å². The van der Waals surface area contributed by atoms with Crippen LogP contribution < -0.4 is 4.90 Å². The summed E-state index contributed by atoms with van der Waals surface area (Å²) in [4.78, 5) is 14.1. The molecule has 1 aromatic rings. The number of para-hydroxylation sites is 1. The van der Waals surface area contributed by atoms with Crippen LogP contribution in [-0.2, 0) is 10.2 Å². The van der Waals surface area contributed by atoms with E-state index >= 15 is 0 Å². The van der Waals surface area contributed by atoms with E-state index in [1.54, 1.807) is 6.92 Å². The smallest absolute Gasteiger partial charge is 0.224 e. The van der Waals surface area contributed by atoms with E-state index in [0.717, 1.165) is 24.1 Å². The molecule has 0 saturated heterocycles. The first-order chi connectivity index (χ1) is 9.89. The first-order valence-corrected chi connectivity index (χ1v) is 7.62. The fraction of sp³-hybridized carbons (Fsp3) is 0.500. The number of amides is 1. The molecule has 1 amide bonds. The van der Waals surface area contributed by atoms with Crippen LogP contribution in [0.5, 0.6) is 0 Å². The van der Waals surface area contributed by atoms with E-state index in [2.05, 4.69) is 19.9 Å². The number of anilines is 1. The van der Waals surface area contributed by atoms with Gasteiger partial charge in [0.2, 0.25) is 5.91 Å². The van der Waals surface area contributed by atoms with Gasteiger partial charge < -0.3 is 10.0 Å². The van der Waals surface area contributed by atoms with Crippen LogP contribution >= 0.6 is 0 Å². The molecule has 112 valence electrons. The first kappa shape index (κ1) is 14.3. The Morgan fingerprint density at radius 3 is 2.62 bits per heavy atom. The van der Waals surface area contributed by atoms with Crippen molar-refractivity contribution in [1.29, 1.82) is 0 Å². The second kappa shape index (κ2) is 4.70. The molecule has 1 N–H and O–H groups in total. The Morgan fingerprint density at radius 1 is 1.33 bits per heavy atom. The van der Waals surface area contributed by atoms with Crippen molar-refractivity contribution in [1.82, 2.24) is 0 Å². The number of fused-ring (bicyclic) bond motifs is 3. The second-order valence-electron chi connectivity index (χ2n) is 6.58. The van der Waals surface area contributed by atoms with Crippen molar-refractivity contribution in [3.05, 3.63) is 41.0 Å². The summed E-state index contributed by atoms with van der Waals surface area (Å²) in [6.07, 6.45) is 1.17. The number of carbonyl (C=O) groups excluding carboxylic acids is 1. The summed E-state index contributed by atoms with van der Waals surface area (Å²) in [5, 5.41) is 10.6. The van der Waals surface area contributed by atoms with E-state index < -0.39 is 6.10 Å². The van der Waals surface area contributed by atoms with Crippen LogP contribution in [0.25, 0.3) is 0 Å². The molecule has 0 radical (unpaired) electrons. The third-order valence-corrected chi connectivity index (χ3v) is 5.44. The molecule has 0 aromatic heterocycles. The van der Waals surface area contributed by atoms with Gasteiger partial charge in [0.15, 0.2) is 0 Å². The van der Waals surface area contributed by atoms with Gasteiger partial charge in [-0.05, 0) is 45.2 Å². The van der Waals surface area contributed by atoms with E-state index in [4.69, 9.17) is 0 Å². The molecule has 0 bridgehead atoms. The number of allylic oxidation sites excluding steroid dienone is 1. The fourth-order valence-electron chi connectivity index (χ4n) is 4.24. The minimum absolute atomic E-state index is 0.0242. The Balaban J connectivity index is 2.27. The Hall–Kier alpha value is -1.61. The fourth-order valence-corrected chi connectivity index (χ4v) is 4.24. The molecule has 1 aliphatic carbocycles. The predicted molar refractivity (Wildman–Crippen MR) is 84.4 cm³/mol. The SMILES string of the molecule is CC(=O)N1c2ccccc2[C@@]2(C(C)O)CC(C)=C(C)C[C@@H]12. The van der Waals surface area contributed by atoms with Gasteiger partial charge in [-0.3, -0.25) is 4.79 Å². The summed E-state index contributed by atoms with van der Waals surface area (Å²) in [7, 11) is 0. The number of aliphatic hydroxyl groups excluding tert-OH is 1. The lowest BCUT2D eigenvalue weighted by Gasteiger charge is -2.45. The van der Waals surface area contributed by atoms with Gasteiger partial charge in [-0.25, -0.2) is 0 Å². The van der Waals surface area contributed by atoms with Gasteiger partial charge in [0.1, 0.15) is 0 Å². The van der Waals surface area contributed by atoms with Crippen molar-refractivity contribution in [3.8, 4) is 0 Å². The van der Waals surface area contributed by atoms with Gasteiger partial charge in [0, 0.05) is 18.0 Å². The van der Waals surface area contributed by atoms with E-state index in [9.17, 15) is 9.90 Å². The van der Waals surface area contributed by atoms with E-state index in [1.807, 2.05) is 30.0 Å². The molecular weight excluding hydrogens is 262 g/mol. The van der Waals surface area contributed by atoms with E-state index in [0.29, 0.717) is 0 Å². The minimum atomic E-state index is -0.490. The zero-order valence-corrected chi connectivity index (χ0v) is 13.2. The number of hydrogen-bond acceptors (Lipinski definition) is 2. The molecule has 3 heteroatoms. The maximum Gasteiger partial charge on any atom is 0.224 e. The van der Waals surface area contributed by atoms with Gasteiger partial charge >= 0.3 is 0 Å². The Morgan fingerprint density at radius 2 is 2.00 bits per heavy atom. The maximum absolute atomic E-state index is 12.2. The quantitative estimate of drug-likeness (QED) is 0.805. The topological polar surface area (TPSA) is 40.5 Å². The lowest BCUT2D eigenvalue weighted by Crippen LogP contribution is -2.54. The van der Waals surface area contributed by atoms with Crippen LogP contribution in [0.3, 0.4) is 0 Å². The van der Waals surface area contributed by atoms with Gasteiger partial charge in [0.25, 0.3) is 0 Å². The molecule has 1 unspecified atom stereocenters. The number of carbonyl (C=O) groups is 1. The molecule has 3 atom stereocenters. The molecule has 0 spiro atoms. The molecule has 0 fully saturated rings. The summed E-state index contributed by atoms with van der Waals surface area (Å²) in [6, 6.07) is 8.07. The van der Waals surface area contributed by atoms with Gasteiger partial charge in [0.05, 0.1) is 12.1 Å². The van der Waals surface area contributed by atoms with Crippen LogP contribution in [0.1, 0.15) is 46.1 Å². The minimum Gasteiger partial charge on any atom is -0.392 e. The van der Waals surface area contributed by atoms with Crippen LogP contribution in [0, 0.1) is 0 Å². The summed E-state index contributed by atoms with van der Waals surface area (Å²) >= 11 is 0. The van der Waals surface area contributed by atoms with Crippen LogP contribution in [0.2, 0.25) is 0 Å². The Kier molecular flexibility index (Phi) is 3.21. The van der Waals surface area contributed by atoms with Crippen molar-refractivity contribution in [3.63, 3.8) is 0 Å². The number of aliphatic hydroxyl groups is 1. The molecule has 3 nitrogen and oxygen atoms in total. The van der Waals surface area contributed by atoms with E-state index in [-0.39, 0.29) is 17.4 Å². The summed E-state index contributed by atoms with van der Waals surface area (Å²) < 4.78 is 0. The summed E-state index contributed by atoms with van der Waals surface area (Å²) in [6.45, 7) is 7.77. The average molecular weight is 285 g/mol. The van der Waals surface area contributed by atoms with Crippen molar-refractivity contribution < 1.29 is 9.90 Å². The van der Waals surface area contributed by atoms with Crippen LogP contribution in [0.15, 0.2) is 35.4 Å². The van der Waals surface area contributed by atoms with E-state index in [1.165, 1.54) is 11.1 Å². The van der Waals surface area contributed by atoms with Crippen molar-refractivity contribution in [2.75, 3.05) is 4.90 Å². The van der Waals surface area contributed by atoms with Crippen LogP contribution in [0.4, 0.5) is 5.69 Å². The third kappa shape index (κ3) is 1.80. The lowest BCUT2D eigenvalue weighted by molar-refractivity contribution is -0.117. The highest BCUT2D eigenvalue weighted by atomic mass is 16.3. The Labute approximate surface area is 126 Å². The molecule has 0 saturated carbocycles. The Bertz CT molecular complexity index is 632. The summed E-state index contributed by atoms with van der Waals surface area (Å²) in [5.41, 5.74) is 4.40. The van der Waals surface area contributed by atoms with Crippen molar-refractivity contribution in [2.24, 2.45) is 0 Å². The maximum atomic E-state index is 12.2. The number of benzene rings is 1. The molecule has 1 aromatic carbocycles. The van der Waals surface area contributed by atoms with Crippen molar-refractivity contribution in [2.45, 2.75) is 58.1 Å². The zero-order chi connectivity index (χ0) is 15.4. The monoisotopic (exact) mass is 285 g/mol. The number of hydrogen-bond donors (Lipinski definition) is 1. The highest BCUT2D eigenvalue weighted by Crippen LogP contribution is 2.55.